The summed E-state index contributed by atoms with van der Waals surface area (Å²) in [4.78, 5) is 26.0. The number of piperidine rings is 1. The van der Waals surface area contributed by atoms with Crippen LogP contribution >= 0.6 is 0 Å². The molecule has 0 aromatic carbocycles. The van der Waals surface area contributed by atoms with Gasteiger partial charge in [-0.05, 0) is 51.4 Å². The Bertz CT molecular complexity index is 402. The van der Waals surface area contributed by atoms with E-state index in [1.807, 2.05) is 11.8 Å². The van der Waals surface area contributed by atoms with Crippen molar-refractivity contribution in [3.8, 4) is 0 Å². The third-order valence-corrected chi connectivity index (χ3v) is 5.56. The van der Waals surface area contributed by atoms with Crippen molar-refractivity contribution >= 4 is 11.9 Å². The molecule has 5 heteroatoms. The lowest BCUT2D eigenvalue weighted by Gasteiger charge is -2.45. The Morgan fingerprint density at radius 3 is 2.33 bits per heavy atom. The fourth-order valence-corrected chi connectivity index (χ4v) is 3.82. The van der Waals surface area contributed by atoms with E-state index < -0.39 is 11.4 Å². The molecule has 0 bridgehead atoms. The van der Waals surface area contributed by atoms with Crippen molar-refractivity contribution in [2.75, 3.05) is 13.1 Å². The number of carbonyl (C=O) groups is 2. The number of aliphatic carboxylic acids is 1. The minimum atomic E-state index is -0.742. The van der Waals surface area contributed by atoms with Gasteiger partial charge in [-0.15, -0.1) is 0 Å². The van der Waals surface area contributed by atoms with E-state index in [1.165, 1.54) is 0 Å². The topological polar surface area (TPSA) is 83.6 Å². The van der Waals surface area contributed by atoms with Gasteiger partial charge in [0.25, 0.3) is 0 Å². The maximum absolute atomic E-state index is 13.0. The fourth-order valence-electron chi connectivity index (χ4n) is 3.82. The Labute approximate surface area is 126 Å². The van der Waals surface area contributed by atoms with Crippen LogP contribution in [0.4, 0.5) is 0 Å². The number of carbonyl (C=O) groups excluding carboxylic acids is 1. The minimum Gasteiger partial charge on any atom is -0.481 e. The highest BCUT2D eigenvalue weighted by Crippen LogP contribution is 2.41. The van der Waals surface area contributed by atoms with E-state index in [9.17, 15) is 9.59 Å². The van der Waals surface area contributed by atoms with Crippen molar-refractivity contribution in [3.05, 3.63) is 0 Å². The molecule has 3 N–H and O–H groups in total. The Kier molecular flexibility index (Phi) is 4.91. The number of nitrogens with zero attached hydrogens (tertiary/aromatic N) is 1. The summed E-state index contributed by atoms with van der Waals surface area (Å²) in [5, 5.41) is 9.13. The summed E-state index contributed by atoms with van der Waals surface area (Å²) in [6.07, 6.45) is 4.97. The molecule has 0 aromatic heterocycles. The normalized spacial score (nSPS) is 37.3. The van der Waals surface area contributed by atoms with Crippen molar-refractivity contribution in [1.29, 1.82) is 0 Å². The summed E-state index contributed by atoms with van der Waals surface area (Å²) < 4.78 is 0. The molecule has 1 aliphatic carbocycles. The number of hydrogen-bond donors (Lipinski definition) is 2. The van der Waals surface area contributed by atoms with E-state index >= 15 is 0 Å². The van der Waals surface area contributed by atoms with Crippen LogP contribution in [0.5, 0.6) is 0 Å². The molecular weight excluding hydrogens is 268 g/mol. The van der Waals surface area contributed by atoms with Gasteiger partial charge in [-0.3, -0.25) is 9.59 Å². The molecule has 120 valence electrons. The second kappa shape index (κ2) is 6.34. The van der Waals surface area contributed by atoms with E-state index in [0.717, 1.165) is 25.7 Å². The number of carboxylic acids is 1. The third-order valence-electron chi connectivity index (χ3n) is 5.56. The highest BCUT2D eigenvalue weighted by Gasteiger charge is 2.44. The molecule has 2 unspecified atom stereocenters. The SMILES string of the molecule is CC1CCC(CN)(C(=O)N2CCC(C(=O)O)CC2C)CC1. The lowest BCUT2D eigenvalue weighted by atomic mass is 9.69. The van der Waals surface area contributed by atoms with Crippen LogP contribution < -0.4 is 5.73 Å². The van der Waals surface area contributed by atoms with Gasteiger partial charge < -0.3 is 15.7 Å². The lowest BCUT2D eigenvalue weighted by Crippen LogP contribution is -2.55. The Hall–Kier alpha value is -1.10. The molecule has 0 radical (unpaired) electrons. The lowest BCUT2D eigenvalue weighted by molar-refractivity contribution is -0.153. The van der Waals surface area contributed by atoms with E-state index in [-0.39, 0.29) is 17.9 Å². The summed E-state index contributed by atoms with van der Waals surface area (Å²) in [6.45, 7) is 5.15. The fraction of sp³-hybridized carbons (Fsp3) is 0.875. The molecule has 2 rings (SSSR count). The third kappa shape index (κ3) is 3.23. The van der Waals surface area contributed by atoms with Crippen LogP contribution in [0.1, 0.15) is 52.4 Å². The zero-order valence-corrected chi connectivity index (χ0v) is 13.2. The van der Waals surface area contributed by atoms with Gasteiger partial charge >= 0.3 is 5.97 Å². The van der Waals surface area contributed by atoms with Gasteiger partial charge in [-0.2, -0.15) is 0 Å². The number of likely N-dealkylation sites (tertiary alicyclic amines) is 1. The summed E-state index contributed by atoms with van der Waals surface area (Å²) in [6, 6.07) is -0.00451. The van der Waals surface area contributed by atoms with E-state index in [0.29, 0.717) is 31.8 Å². The molecule has 21 heavy (non-hydrogen) atoms. The van der Waals surface area contributed by atoms with Crippen LogP contribution in [0, 0.1) is 17.3 Å². The van der Waals surface area contributed by atoms with E-state index in [4.69, 9.17) is 10.8 Å². The van der Waals surface area contributed by atoms with Gasteiger partial charge in [0, 0.05) is 19.1 Å². The molecule has 1 amide bonds. The Morgan fingerprint density at radius 1 is 1.24 bits per heavy atom. The highest BCUT2D eigenvalue weighted by molar-refractivity contribution is 5.84. The van der Waals surface area contributed by atoms with Crippen LogP contribution in [0.25, 0.3) is 0 Å². The van der Waals surface area contributed by atoms with Gasteiger partial charge in [0.2, 0.25) is 5.91 Å². The maximum Gasteiger partial charge on any atom is 0.306 e. The van der Waals surface area contributed by atoms with Gasteiger partial charge in [-0.25, -0.2) is 0 Å². The van der Waals surface area contributed by atoms with Crippen LogP contribution in [-0.2, 0) is 9.59 Å². The van der Waals surface area contributed by atoms with E-state index in [2.05, 4.69) is 6.92 Å². The van der Waals surface area contributed by atoms with Gasteiger partial charge in [0.15, 0.2) is 0 Å². The number of nitrogens with two attached hydrogens (primary N) is 1. The van der Waals surface area contributed by atoms with Crippen molar-refractivity contribution in [3.63, 3.8) is 0 Å². The summed E-state index contributed by atoms with van der Waals surface area (Å²) in [7, 11) is 0. The smallest absolute Gasteiger partial charge is 0.306 e. The predicted molar refractivity (Wildman–Crippen MR) is 80.7 cm³/mol. The molecule has 0 spiro atoms. The van der Waals surface area contributed by atoms with Crippen LogP contribution in [0.2, 0.25) is 0 Å². The standard InChI is InChI=1S/C16H28N2O3/c1-11-3-6-16(10-17,7-4-11)15(21)18-8-5-13(14(19)20)9-12(18)2/h11-13H,3-10,17H2,1-2H3,(H,19,20). The number of rotatable bonds is 3. The van der Waals surface area contributed by atoms with Crippen LogP contribution in [-0.4, -0.2) is 41.0 Å². The Balaban J connectivity index is 2.07. The quantitative estimate of drug-likeness (QED) is 0.832. The largest absolute Gasteiger partial charge is 0.481 e. The second-order valence-electron chi connectivity index (χ2n) is 7.07. The highest BCUT2D eigenvalue weighted by atomic mass is 16.4. The summed E-state index contributed by atoms with van der Waals surface area (Å²) in [5.74, 6) is -0.223. The number of amides is 1. The molecule has 1 saturated carbocycles. The molecule has 0 aromatic rings. The molecule has 5 nitrogen and oxygen atoms in total. The molecule has 1 aliphatic heterocycles. The summed E-state index contributed by atoms with van der Waals surface area (Å²) >= 11 is 0. The first-order valence-electron chi connectivity index (χ1n) is 8.13. The van der Waals surface area contributed by atoms with Crippen molar-refractivity contribution in [2.24, 2.45) is 23.0 Å². The average molecular weight is 296 g/mol. The van der Waals surface area contributed by atoms with E-state index in [1.54, 1.807) is 0 Å². The molecule has 2 atom stereocenters. The van der Waals surface area contributed by atoms with Crippen molar-refractivity contribution in [1.82, 2.24) is 4.90 Å². The summed E-state index contributed by atoms with van der Waals surface area (Å²) in [5.41, 5.74) is 5.56. The average Bonchev–Trinajstić information content (AvgIpc) is 2.47. The second-order valence-corrected chi connectivity index (χ2v) is 7.07. The van der Waals surface area contributed by atoms with Gasteiger partial charge in [0.05, 0.1) is 11.3 Å². The molecular formula is C16H28N2O3. The molecule has 1 saturated heterocycles. The molecule has 1 heterocycles. The maximum atomic E-state index is 13.0. The first-order chi connectivity index (χ1) is 9.89. The van der Waals surface area contributed by atoms with Crippen molar-refractivity contribution < 1.29 is 14.7 Å². The predicted octanol–water partition coefficient (Wildman–Crippen LogP) is 1.85. The van der Waals surface area contributed by atoms with Crippen LogP contribution in [0.15, 0.2) is 0 Å². The first-order valence-corrected chi connectivity index (χ1v) is 8.13. The van der Waals surface area contributed by atoms with Gasteiger partial charge in [0.1, 0.15) is 0 Å². The number of hydrogen-bond acceptors (Lipinski definition) is 3. The van der Waals surface area contributed by atoms with Crippen LogP contribution in [0.3, 0.4) is 0 Å². The molecule has 2 fully saturated rings. The monoisotopic (exact) mass is 296 g/mol. The van der Waals surface area contributed by atoms with Gasteiger partial charge in [-0.1, -0.05) is 6.92 Å². The Morgan fingerprint density at radius 2 is 1.86 bits per heavy atom. The first kappa shape index (κ1) is 16.3. The van der Waals surface area contributed by atoms with Crippen molar-refractivity contribution in [2.45, 2.75) is 58.4 Å². The zero-order valence-electron chi connectivity index (χ0n) is 13.2. The molecule has 2 aliphatic rings. The number of carboxylic acid groups (broad SMARTS) is 1. The zero-order chi connectivity index (χ0) is 15.6. The minimum absolute atomic E-state index is 0.00451.